The van der Waals surface area contributed by atoms with Gasteiger partial charge < -0.3 is 9.84 Å². The van der Waals surface area contributed by atoms with Crippen LogP contribution >= 0.6 is 15.9 Å². The van der Waals surface area contributed by atoms with Crippen LogP contribution in [0, 0.1) is 0 Å². The van der Waals surface area contributed by atoms with E-state index in [2.05, 4.69) is 20.9 Å². The number of rotatable bonds is 0. The smallest absolute Gasteiger partial charge is 0.126 e. The monoisotopic (exact) mass is 291 g/mol. The first-order valence-corrected chi connectivity index (χ1v) is 6.09. The molecule has 17 heavy (non-hydrogen) atoms. The number of aliphatic hydroxyl groups excluding tert-OH is 1. The summed E-state index contributed by atoms with van der Waals surface area (Å²) in [6, 6.07) is 9.39. The van der Waals surface area contributed by atoms with Gasteiger partial charge in [0, 0.05) is 21.8 Å². The third-order valence-corrected chi connectivity index (χ3v) is 3.33. The molecule has 1 unspecified atom stereocenters. The minimum absolute atomic E-state index is 0.439. The Bertz CT molecular complexity index is 571. The van der Waals surface area contributed by atoms with Gasteiger partial charge >= 0.3 is 0 Å². The van der Waals surface area contributed by atoms with Crippen LogP contribution in [0.3, 0.4) is 0 Å². The molecule has 3 nitrogen and oxygen atoms in total. The Hall–Kier alpha value is -1.39. The largest absolute Gasteiger partial charge is 0.488 e. The fourth-order valence-electron chi connectivity index (χ4n) is 1.99. The minimum Gasteiger partial charge on any atom is -0.488 e. The number of benzene rings is 1. The average molecular weight is 292 g/mol. The van der Waals surface area contributed by atoms with E-state index in [4.69, 9.17) is 4.74 Å². The van der Waals surface area contributed by atoms with Crippen molar-refractivity contribution in [3.05, 3.63) is 57.8 Å². The molecule has 2 aromatic rings. The minimum atomic E-state index is -0.735. The molecule has 0 bridgehead atoms. The first-order valence-electron chi connectivity index (χ1n) is 5.30. The Labute approximate surface area is 107 Å². The maximum atomic E-state index is 10.4. The number of pyridine rings is 1. The van der Waals surface area contributed by atoms with Crippen molar-refractivity contribution in [3.63, 3.8) is 0 Å². The molecular weight excluding hydrogens is 282 g/mol. The van der Waals surface area contributed by atoms with Gasteiger partial charge in [-0.15, -0.1) is 0 Å². The predicted octanol–water partition coefficient (Wildman–Crippen LogP) is 2.82. The van der Waals surface area contributed by atoms with Crippen molar-refractivity contribution < 1.29 is 9.84 Å². The van der Waals surface area contributed by atoms with Gasteiger partial charge in [0.05, 0.1) is 5.69 Å². The zero-order valence-corrected chi connectivity index (χ0v) is 10.5. The second-order valence-electron chi connectivity index (χ2n) is 3.92. The maximum Gasteiger partial charge on any atom is 0.126 e. The summed E-state index contributed by atoms with van der Waals surface area (Å²) in [7, 11) is 0. The molecule has 86 valence electrons. The van der Waals surface area contributed by atoms with E-state index in [9.17, 15) is 5.11 Å². The van der Waals surface area contributed by atoms with Crippen LogP contribution < -0.4 is 4.74 Å². The van der Waals surface area contributed by atoms with Crippen molar-refractivity contribution in [2.45, 2.75) is 12.7 Å². The molecular formula is C13H10BrNO2. The summed E-state index contributed by atoms with van der Waals surface area (Å²) < 4.78 is 6.59. The number of aliphatic hydroxyl groups is 1. The van der Waals surface area contributed by atoms with Gasteiger partial charge in [-0.2, -0.15) is 0 Å². The molecule has 0 saturated heterocycles. The van der Waals surface area contributed by atoms with Crippen LogP contribution in [0.1, 0.15) is 22.9 Å². The van der Waals surface area contributed by atoms with E-state index in [0.29, 0.717) is 18.1 Å². The van der Waals surface area contributed by atoms with Crippen LogP contribution in [0.2, 0.25) is 0 Å². The Morgan fingerprint density at radius 1 is 1.35 bits per heavy atom. The maximum absolute atomic E-state index is 10.4. The van der Waals surface area contributed by atoms with E-state index >= 15 is 0 Å². The number of aromatic nitrogens is 1. The summed E-state index contributed by atoms with van der Waals surface area (Å²) in [6.07, 6.45) is 0.951. The summed E-state index contributed by atoms with van der Waals surface area (Å²) in [5.41, 5.74) is 2.34. The van der Waals surface area contributed by atoms with Crippen LogP contribution in [0.15, 0.2) is 41.0 Å². The Morgan fingerprint density at radius 2 is 2.24 bits per heavy atom. The van der Waals surface area contributed by atoms with Gasteiger partial charge in [-0.25, -0.2) is 0 Å². The molecule has 1 aliphatic heterocycles. The first-order chi connectivity index (χ1) is 8.25. The lowest BCUT2D eigenvalue weighted by atomic mass is 10.0. The second kappa shape index (κ2) is 4.13. The van der Waals surface area contributed by atoms with E-state index < -0.39 is 6.10 Å². The Morgan fingerprint density at radius 3 is 3.12 bits per heavy atom. The molecule has 1 aliphatic rings. The Balaban J connectivity index is 2.18. The van der Waals surface area contributed by atoms with Crippen molar-refractivity contribution in [1.29, 1.82) is 0 Å². The van der Waals surface area contributed by atoms with Gasteiger partial charge in [0.1, 0.15) is 18.5 Å². The third kappa shape index (κ3) is 1.83. The summed E-state index contributed by atoms with van der Waals surface area (Å²) in [5, 5.41) is 10.4. The van der Waals surface area contributed by atoms with E-state index in [1.165, 1.54) is 0 Å². The molecule has 1 aromatic carbocycles. The van der Waals surface area contributed by atoms with Gasteiger partial charge in [-0.1, -0.05) is 22.0 Å². The molecule has 4 heteroatoms. The van der Waals surface area contributed by atoms with Crippen molar-refractivity contribution in [1.82, 2.24) is 4.98 Å². The molecule has 1 atom stereocenters. The highest BCUT2D eigenvalue weighted by atomic mass is 79.9. The summed E-state index contributed by atoms with van der Waals surface area (Å²) in [6.45, 7) is 0.439. The molecule has 3 rings (SSSR count). The highest BCUT2D eigenvalue weighted by molar-refractivity contribution is 9.10. The van der Waals surface area contributed by atoms with Crippen molar-refractivity contribution >= 4 is 15.9 Å². The summed E-state index contributed by atoms with van der Waals surface area (Å²) >= 11 is 3.40. The molecule has 0 amide bonds. The van der Waals surface area contributed by atoms with Gasteiger partial charge in [0.2, 0.25) is 0 Å². The predicted molar refractivity (Wildman–Crippen MR) is 66.8 cm³/mol. The number of halogens is 1. The fourth-order valence-corrected chi connectivity index (χ4v) is 2.37. The quantitative estimate of drug-likeness (QED) is 0.812. The van der Waals surface area contributed by atoms with Gasteiger partial charge in [-0.05, 0) is 24.3 Å². The standard InChI is InChI=1S/C13H10BrNO2/c14-9-3-4-11-10(6-9)13(16)12-8(7-17-11)2-1-5-15-12/h1-6,13,16H,7H2. The first kappa shape index (κ1) is 10.7. The molecule has 2 heterocycles. The van der Waals surface area contributed by atoms with Crippen LogP contribution in [-0.4, -0.2) is 10.1 Å². The lowest BCUT2D eigenvalue weighted by Crippen LogP contribution is -2.03. The fraction of sp³-hybridized carbons (Fsp3) is 0.154. The number of hydrogen-bond donors (Lipinski definition) is 1. The highest BCUT2D eigenvalue weighted by Crippen LogP contribution is 2.36. The van der Waals surface area contributed by atoms with Gasteiger partial charge in [0.15, 0.2) is 0 Å². The topological polar surface area (TPSA) is 42.4 Å². The normalized spacial score (nSPS) is 17.6. The molecule has 1 aromatic heterocycles. The lowest BCUT2D eigenvalue weighted by molar-refractivity contribution is 0.213. The van der Waals surface area contributed by atoms with Crippen molar-refractivity contribution in [2.75, 3.05) is 0 Å². The molecule has 0 fully saturated rings. The molecule has 0 aliphatic carbocycles. The van der Waals surface area contributed by atoms with E-state index in [1.807, 2.05) is 30.3 Å². The van der Waals surface area contributed by atoms with Crippen LogP contribution in [0.25, 0.3) is 0 Å². The van der Waals surface area contributed by atoms with Crippen LogP contribution in [0.4, 0.5) is 0 Å². The number of ether oxygens (including phenoxy) is 1. The van der Waals surface area contributed by atoms with Gasteiger partial charge in [-0.3, -0.25) is 4.98 Å². The molecule has 0 saturated carbocycles. The van der Waals surface area contributed by atoms with Crippen LogP contribution in [0.5, 0.6) is 5.75 Å². The van der Waals surface area contributed by atoms with Crippen molar-refractivity contribution in [2.24, 2.45) is 0 Å². The Kier molecular flexibility index (Phi) is 2.61. The van der Waals surface area contributed by atoms with E-state index in [0.717, 1.165) is 15.6 Å². The zero-order valence-electron chi connectivity index (χ0n) is 8.93. The molecule has 0 radical (unpaired) electrons. The number of fused-ring (bicyclic) bond motifs is 2. The highest BCUT2D eigenvalue weighted by Gasteiger charge is 2.23. The van der Waals surface area contributed by atoms with Crippen molar-refractivity contribution in [3.8, 4) is 5.75 Å². The number of hydrogen-bond acceptors (Lipinski definition) is 3. The van der Waals surface area contributed by atoms with E-state index in [1.54, 1.807) is 6.20 Å². The SMILES string of the molecule is OC1c2cc(Br)ccc2OCc2cccnc21. The summed E-state index contributed by atoms with van der Waals surface area (Å²) in [5.74, 6) is 0.707. The molecule has 1 N–H and O–H groups in total. The number of nitrogens with zero attached hydrogens (tertiary/aromatic N) is 1. The van der Waals surface area contributed by atoms with Gasteiger partial charge in [0.25, 0.3) is 0 Å². The van der Waals surface area contributed by atoms with E-state index in [-0.39, 0.29) is 0 Å². The zero-order chi connectivity index (χ0) is 11.8. The summed E-state index contributed by atoms with van der Waals surface area (Å²) in [4.78, 5) is 4.24. The molecule has 0 spiro atoms. The second-order valence-corrected chi connectivity index (χ2v) is 4.84. The van der Waals surface area contributed by atoms with Crippen LogP contribution in [-0.2, 0) is 6.61 Å². The average Bonchev–Trinajstić information content (AvgIpc) is 2.49. The third-order valence-electron chi connectivity index (χ3n) is 2.83. The lowest BCUT2D eigenvalue weighted by Gasteiger charge is -2.11.